The Morgan fingerprint density at radius 2 is 1.95 bits per heavy atom. The molecule has 1 aromatic carbocycles. The number of hydrogen-bond acceptors (Lipinski definition) is 5. The van der Waals surface area contributed by atoms with Gasteiger partial charge < -0.3 is 0 Å². The monoisotopic (exact) mass is 304 g/mol. The first-order valence-corrected chi connectivity index (χ1v) is 7.65. The molecule has 3 rings (SSSR count). The van der Waals surface area contributed by atoms with Crippen LogP contribution in [0, 0.1) is 0 Å². The molecule has 108 valence electrons. The van der Waals surface area contributed by atoms with E-state index in [0.29, 0.717) is 16.0 Å². The van der Waals surface area contributed by atoms with Crippen molar-refractivity contribution in [3.05, 3.63) is 29.3 Å². The minimum atomic E-state index is -0.912. The fraction of sp³-hybridized carbons (Fsp3) is 0.286. The van der Waals surface area contributed by atoms with Crippen molar-refractivity contribution < 1.29 is 19.2 Å². The molecule has 2 heterocycles. The molecular formula is C14H12N2O4S. The van der Waals surface area contributed by atoms with Crippen LogP contribution in [0.5, 0.6) is 0 Å². The number of amides is 4. The van der Waals surface area contributed by atoms with Gasteiger partial charge in [0, 0.05) is 11.3 Å². The van der Waals surface area contributed by atoms with Gasteiger partial charge in [0.15, 0.2) is 0 Å². The van der Waals surface area contributed by atoms with Crippen LogP contribution in [-0.4, -0.2) is 40.8 Å². The highest BCUT2D eigenvalue weighted by molar-refractivity contribution is 7.98. The summed E-state index contributed by atoms with van der Waals surface area (Å²) in [5.41, 5.74) is 0.663. The zero-order valence-corrected chi connectivity index (χ0v) is 12.0. The Morgan fingerprint density at radius 3 is 2.62 bits per heavy atom. The van der Waals surface area contributed by atoms with Crippen molar-refractivity contribution in [2.45, 2.75) is 23.8 Å². The molecule has 1 aromatic rings. The Morgan fingerprint density at radius 1 is 1.19 bits per heavy atom. The summed E-state index contributed by atoms with van der Waals surface area (Å²) in [7, 11) is 0. The van der Waals surface area contributed by atoms with Crippen LogP contribution in [-0.2, 0) is 9.59 Å². The fourth-order valence-electron chi connectivity index (χ4n) is 2.65. The van der Waals surface area contributed by atoms with E-state index in [9.17, 15) is 19.2 Å². The maximum Gasteiger partial charge on any atom is 0.263 e. The first-order chi connectivity index (χ1) is 10.0. The predicted octanol–water partition coefficient (Wildman–Crippen LogP) is 0.810. The highest BCUT2D eigenvalue weighted by atomic mass is 32.2. The molecule has 1 saturated heterocycles. The van der Waals surface area contributed by atoms with Gasteiger partial charge in [-0.3, -0.25) is 29.4 Å². The third-order valence-electron chi connectivity index (χ3n) is 3.65. The van der Waals surface area contributed by atoms with Crippen molar-refractivity contribution in [2.75, 3.05) is 6.26 Å². The Bertz CT molecular complexity index is 686. The topological polar surface area (TPSA) is 83.6 Å². The van der Waals surface area contributed by atoms with E-state index in [1.165, 1.54) is 11.8 Å². The fourth-order valence-corrected chi connectivity index (χ4v) is 3.27. The molecule has 2 aliphatic heterocycles. The van der Waals surface area contributed by atoms with Crippen LogP contribution in [0.15, 0.2) is 23.1 Å². The van der Waals surface area contributed by atoms with E-state index in [-0.39, 0.29) is 18.7 Å². The zero-order chi connectivity index (χ0) is 15.1. The molecule has 1 fully saturated rings. The summed E-state index contributed by atoms with van der Waals surface area (Å²) in [6, 6.07) is 4.15. The van der Waals surface area contributed by atoms with E-state index in [4.69, 9.17) is 0 Å². The van der Waals surface area contributed by atoms with Gasteiger partial charge >= 0.3 is 0 Å². The number of nitrogens with one attached hydrogen (secondary N) is 1. The lowest BCUT2D eigenvalue weighted by molar-refractivity contribution is -0.136. The Kier molecular flexibility index (Phi) is 3.29. The first-order valence-electron chi connectivity index (χ1n) is 6.43. The molecule has 0 saturated carbocycles. The van der Waals surface area contributed by atoms with Gasteiger partial charge in [-0.15, -0.1) is 11.8 Å². The number of hydrogen-bond donors (Lipinski definition) is 1. The zero-order valence-electron chi connectivity index (χ0n) is 11.2. The molecule has 4 amide bonds. The highest BCUT2D eigenvalue weighted by Gasteiger charge is 2.45. The maximum absolute atomic E-state index is 12.5. The average Bonchev–Trinajstić information content (AvgIpc) is 2.72. The van der Waals surface area contributed by atoms with Gasteiger partial charge in [-0.2, -0.15) is 0 Å². The number of rotatable bonds is 2. The summed E-state index contributed by atoms with van der Waals surface area (Å²) in [5, 5.41) is 2.17. The molecule has 0 bridgehead atoms. The van der Waals surface area contributed by atoms with E-state index in [0.717, 1.165) is 4.90 Å². The van der Waals surface area contributed by atoms with Crippen LogP contribution in [0.3, 0.4) is 0 Å². The second-order valence-corrected chi connectivity index (χ2v) is 5.68. The number of carbonyl (C=O) groups is 4. The standard InChI is InChI=1S/C14H12N2O4S/c1-21-9-4-2-3-7-11(9)14(20)16(13(7)19)8-5-6-10(17)15-12(8)18/h2-4,8H,5-6H2,1H3,(H,15,17,18). The maximum atomic E-state index is 12.5. The summed E-state index contributed by atoms with van der Waals surface area (Å²) in [6.07, 6.45) is 2.12. The lowest BCUT2D eigenvalue weighted by Gasteiger charge is -2.27. The van der Waals surface area contributed by atoms with E-state index < -0.39 is 23.8 Å². The number of thioether (sulfide) groups is 1. The minimum absolute atomic E-state index is 0.124. The Balaban J connectivity index is 2.00. The summed E-state index contributed by atoms with van der Waals surface area (Å²) in [6.45, 7) is 0. The Hall–Kier alpha value is -2.15. The molecule has 1 atom stereocenters. The number of imide groups is 2. The molecule has 6 nitrogen and oxygen atoms in total. The molecule has 0 aliphatic carbocycles. The molecule has 1 N–H and O–H groups in total. The van der Waals surface area contributed by atoms with E-state index >= 15 is 0 Å². The lowest BCUT2D eigenvalue weighted by atomic mass is 10.0. The lowest BCUT2D eigenvalue weighted by Crippen LogP contribution is -2.54. The Labute approximate surface area is 124 Å². The van der Waals surface area contributed by atoms with Gasteiger partial charge in [-0.05, 0) is 24.8 Å². The van der Waals surface area contributed by atoms with Gasteiger partial charge in [0.1, 0.15) is 6.04 Å². The molecular weight excluding hydrogens is 292 g/mol. The quantitative estimate of drug-likeness (QED) is 0.646. The van der Waals surface area contributed by atoms with Crippen molar-refractivity contribution >= 4 is 35.4 Å². The van der Waals surface area contributed by atoms with Gasteiger partial charge in [-0.1, -0.05) is 6.07 Å². The van der Waals surface area contributed by atoms with E-state index in [1.54, 1.807) is 18.2 Å². The molecule has 21 heavy (non-hydrogen) atoms. The smallest absolute Gasteiger partial charge is 0.263 e. The normalized spacial score (nSPS) is 21.6. The van der Waals surface area contributed by atoms with Crippen molar-refractivity contribution in [1.82, 2.24) is 10.2 Å². The summed E-state index contributed by atoms with van der Waals surface area (Å²) >= 11 is 1.38. The van der Waals surface area contributed by atoms with Crippen molar-refractivity contribution in [3.63, 3.8) is 0 Å². The van der Waals surface area contributed by atoms with Crippen molar-refractivity contribution in [2.24, 2.45) is 0 Å². The van der Waals surface area contributed by atoms with Gasteiger partial charge in [0.2, 0.25) is 11.8 Å². The number of piperidine rings is 1. The summed E-state index contributed by atoms with van der Waals surface area (Å²) in [4.78, 5) is 49.8. The third-order valence-corrected chi connectivity index (χ3v) is 4.43. The number of nitrogens with zero attached hydrogens (tertiary/aromatic N) is 1. The van der Waals surface area contributed by atoms with Crippen LogP contribution < -0.4 is 5.32 Å². The summed E-state index contributed by atoms with van der Waals surface area (Å²) in [5.74, 6) is -1.90. The minimum Gasteiger partial charge on any atom is -0.295 e. The highest BCUT2D eigenvalue weighted by Crippen LogP contribution is 2.33. The second kappa shape index (κ2) is 5.00. The van der Waals surface area contributed by atoms with Gasteiger partial charge in [0.05, 0.1) is 11.1 Å². The summed E-state index contributed by atoms with van der Waals surface area (Å²) < 4.78 is 0. The molecule has 1 unspecified atom stereocenters. The molecule has 0 aromatic heterocycles. The SMILES string of the molecule is CSc1cccc2c1C(=O)N(C1CCC(=O)NC1=O)C2=O. The number of fused-ring (bicyclic) bond motifs is 1. The molecule has 2 aliphatic rings. The average molecular weight is 304 g/mol. The van der Waals surface area contributed by atoms with Gasteiger partial charge in [-0.25, -0.2) is 0 Å². The van der Waals surface area contributed by atoms with Crippen LogP contribution in [0.25, 0.3) is 0 Å². The third kappa shape index (κ3) is 2.04. The molecule has 0 spiro atoms. The van der Waals surface area contributed by atoms with Crippen LogP contribution in [0.1, 0.15) is 33.6 Å². The van der Waals surface area contributed by atoms with Crippen LogP contribution >= 0.6 is 11.8 Å². The predicted molar refractivity (Wildman–Crippen MR) is 74.9 cm³/mol. The van der Waals surface area contributed by atoms with Gasteiger partial charge in [0.25, 0.3) is 11.8 Å². The van der Waals surface area contributed by atoms with Crippen LogP contribution in [0.2, 0.25) is 0 Å². The van der Waals surface area contributed by atoms with E-state index in [1.807, 2.05) is 6.26 Å². The van der Waals surface area contributed by atoms with Crippen molar-refractivity contribution in [3.8, 4) is 0 Å². The second-order valence-electron chi connectivity index (χ2n) is 4.83. The first kappa shape index (κ1) is 13.8. The largest absolute Gasteiger partial charge is 0.295 e. The molecule has 0 radical (unpaired) electrons. The molecule has 7 heteroatoms. The van der Waals surface area contributed by atoms with E-state index in [2.05, 4.69) is 5.32 Å². The van der Waals surface area contributed by atoms with Crippen molar-refractivity contribution in [1.29, 1.82) is 0 Å². The number of carbonyl (C=O) groups excluding carboxylic acids is 4. The van der Waals surface area contributed by atoms with Crippen LogP contribution in [0.4, 0.5) is 0 Å². The number of benzene rings is 1.